The van der Waals surface area contributed by atoms with Gasteiger partial charge in [0, 0.05) is 7.05 Å². The van der Waals surface area contributed by atoms with Crippen molar-refractivity contribution in [2.45, 2.75) is 6.92 Å². The Hall–Kier alpha value is -2.71. The van der Waals surface area contributed by atoms with Crippen molar-refractivity contribution in [1.29, 1.82) is 0 Å². The van der Waals surface area contributed by atoms with E-state index in [2.05, 4.69) is 20.6 Å². The van der Waals surface area contributed by atoms with Gasteiger partial charge in [0.2, 0.25) is 0 Å². The molecular weight excluding hydrogens is 252 g/mol. The predicted molar refractivity (Wildman–Crippen MR) is 64.5 cm³/mol. The molecule has 0 radical (unpaired) electrons. The number of nitrogens with one attached hydrogen (secondary N) is 1. The number of fused-ring (bicyclic) bond motifs is 1. The average Bonchev–Trinajstić information content (AvgIpc) is 2.83. The number of hydrogen-bond acceptors (Lipinski definition) is 7. The number of amides is 1. The van der Waals surface area contributed by atoms with E-state index in [-0.39, 0.29) is 29.3 Å². The topological polar surface area (TPSA) is 124 Å². The van der Waals surface area contributed by atoms with E-state index in [1.54, 1.807) is 6.92 Å². The number of ether oxygens (including phenoxy) is 1. The van der Waals surface area contributed by atoms with Gasteiger partial charge in [-0.1, -0.05) is 0 Å². The molecule has 9 heteroatoms. The molecule has 0 aliphatic heterocycles. The van der Waals surface area contributed by atoms with Gasteiger partial charge in [0.15, 0.2) is 17.2 Å². The summed E-state index contributed by atoms with van der Waals surface area (Å²) in [6.45, 7) is 1.92. The van der Waals surface area contributed by atoms with E-state index in [4.69, 9.17) is 10.5 Å². The zero-order valence-electron chi connectivity index (χ0n) is 10.4. The van der Waals surface area contributed by atoms with Crippen molar-refractivity contribution in [3.05, 3.63) is 17.5 Å². The standard InChI is InChI=1S/C10H12N6O3/c1-3-19-10(18)5-4-13-16-7(11)6(9(17)12-2)14-15-8(5)16/h4H,3,11H2,1-2H3,(H,12,17). The minimum absolute atomic E-state index is 0.0000940. The molecular formula is C10H12N6O3. The maximum atomic E-state index is 11.6. The van der Waals surface area contributed by atoms with Crippen molar-refractivity contribution in [2.24, 2.45) is 0 Å². The number of esters is 1. The summed E-state index contributed by atoms with van der Waals surface area (Å²) in [6.07, 6.45) is 1.27. The monoisotopic (exact) mass is 264 g/mol. The van der Waals surface area contributed by atoms with Gasteiger partial charge in [-0.05, 0) is 6.92 Å². The number of hydrogen-bond donors (Lipinski definition) is 2. The van der Waals surface area contributed by atoms with Crippen LogP contribution in [0.4, 0.5) is 5.82 Å². The molecule has 0 aromatic carbocycles. The number of nitrogen functional groups attached to an aromatic ring is 1. The first-order valence-electron chi connectivity index (χ1n) is 5.49. The molecule has 9 nitrogen and oxygen atoms in total. The Balaban J connectivity index is 2.55. The number of nitrogens with two attached hydrogens (primary N) is 1. The molecule has 2 heterocycles. The van der Waals surface area contributed by atoms with E-state index in [9.17, 15) is 9.59 Å². The van der Waals surface area contributed by atoms with Crippen LogP contribution in [0, 0.1) is 0 Å². The summed E-state index contributed by atoms with van der Waals surface area (Å²) in [5, 5.41) is 13.8. The molecule has 0 saturated carbocycles. The summed E-state index contributed by atoms with van der Waals surface area (Å²) in [5.41, 5.74) is 5.99. The maximum absolute atomic E-state index is 11.6. The van der Waals surface area contributed by atoms with E-state index in [0.29, 0.717) is 0 Å². The third-order valence-electron chi connectivity index (χ3n) is 2.40. The zero-order chi connectivity index (χ0) is 14.0. The molecule has 0 fully saturated rings. The Kier molecular flexibility index (Phi) is 3.27. The predicted octanol–water partition coefficient (Wildman–Crippen LogP) is -0.757. The van der Waals surface area contributed by atoms with Crippen molar-refractivity contribution in [3.8, 4) is 0 Å². The van der Waals surface area contributed by atoms with Crippen LogP contribution in [0.3, 0.4) is 0 Å². The molecule has 0 saturated heterocycles. The van der Waals surface area contributed by atoms with Gasteiger partial charge in [-0.25, -0.2) is 4.79 Å². The zero-order valence-corrected chi connectivity index (χ0v) is 10.4. The highest BCUT2D eigenvalue weighted by Gasteiger charge is 2.20. The van der Waals surface area contributed by atoms with Gasteiger partial charge < -0.3 is 15.8 Å². The Labute approximate surface area is 107 Å². The summed E-state index contributed by atoms with van der Waals surface area (Å²) >= 11 is 0. The normalized spacial score (nSPS) is 10.4. The van der Waals surface area contributed by atoms with Gasteiger partial charge in [0.25, 0.3) is 5.91 Å². The SMILES string of the molecule is CCOC(=O)c1cnn2c(N)c(C(=O)NC)nnc12. The Morgan fingerprint density at radius 3 is 2.84 bits per heavy atom. The molecule has 19 heavy (non-hydrogen) atoms. The quantitative estimate of drug-likeness (QED) is 0.698. The highest BCUT2D eigenvalue weighted by atomic mass is 16.5. The smallest absolute Gasteiger partial charge is 0.343 e. The molecule has 2 aromatic heterocycles. The Morgan fingerprint density at radius 2 is 2.21 bits per heavy atom. The second-order valence-electron chi connectivity index (χ2n) is 3.53. The van der Waals surface area contributed by atoms with Crippen molar-refractivity contribution >= 4 is 23.3 Å². The summed E-state index contributed by atoms with van der Waals surface area (Å²) < 4.78 is 6.02. The van der Waals surface area contributed by atoms with E-state index in [1.165, 1.54) is 17.8 Å². The number of rotatable bonds is 3. The first-order chi connectivity index (χ1) is 9.10. The molecule has 1 amide bonds. The Bertz CT molecular complexity index is 650. The van der Waals surface area contributed by atoms with E-state index < -0.39 is 11.9 Å². The van der Waals surface area contributed by atoms with Crippen LogP contribution >= 0.6 is 0 Å². The average molecular weight is 264 g/mol. The van der Waals surface area contributed by atoms with Gasteiger partial charge in [0.05, 0.1) is 12.8 Å². The first kappa shape index (κ1) is 12.7. The number of carbonyl (C=O) groups excluding carboxylic acids is 2. The lowest BCUT2D eigenvalue weighted by Gasteiger charge is -2.04. The van der Waals surface area contributed by atoms with Crippen LogP contribution in [-0.4, -0.2) is 45.3 Å². The fourth-order valence-electron chi connectivity index (χ4n) is 1.50. The van der Waals surface area contributed by atoms with Crippen LogP contribution in [0.25, 0.3) is 5.65 Å². The number of aromatic nitrogens is 4. The van der Waals surface area contributed by atoms with Gasteiger partial charge >= 0.3 is 5.97 Å². The minimum Gasteiger partial charge on any atom is -0.462 e. The minimum atomic E-state index is -0.570. The van der Waals surface area contributed by atoms with Gasteiger partial charge in [0.1, 0.15) is 5.56 Å². The highest BCUT2D eigenvalue weighted by molar-refractivity contribution is 5.98. The summed E-state index contributed by atoms with van der Waals surface area (Å²) in [4.78, 5) is 23.1. The summed E-state index contributed by atoms with van der Waals surface area (Å²) in [6, 6.07) is 0. The van der Waals surface area contributed by atoms with Crippen LogP contribution in [0.2, 0.25) is 0 Å². The van der Waals surface area contributed by atoms with Crippen LogP contribution in [0.1, 0.15) is 27.8 Å². The van der Waals surface area contributed by atoms with E-state index in [0.717, 1.165) is 0 Å². The van der Waals surface area contributed by atoms with Crippen molar-refractivity contribution in [3.63, 3.8) is 0 Å². The van der Waals surface area contributed by atoms with Crippen molar-refractivity contribution in [1.82, 2.24) is 25.1 Å². The number of anilines is 1. The molecule has 0 aliphatic carbocycles. The third-order valence-corrected chi connectivity index (χ3v) is 2.40. The van der Waals surface area contributed by atoms with Gasteiger partial charge in [-0.3, -0.25) is 4.79 Å². The van der Waals surface area contributed by atoms with Crippen LogP contribution < -0.4 is 11.1 Å². The first-order valence-corrected chi connectivity index (χ1v) is 5.49. The molecule has 0 bridgehead atoms. The maximum Gasteiger partial charge on any atom is 0.343 e. The largest absolute Gasteiger partial charge is 0.462 e. The van der Waals surface area contributed by atoms with Crippen LogP contribution in [0.5, 0.6) is 0 Å². The van der Waals surface area contributed by atoms with Crippen LogP contribution in [0.15, 0.2) is 6.20 Å². The molecule has 0 aliphatic rings. The molecule has 2 rings (SSSR count). The van der Waals surface area contributed by atoms with E-state index >= 15 is 0 Å². The second kappa shape index (κ2) is 4.88. The van der Waals surface area contributed by atoms with Gasteiger partial charge in [-0.15, -0.1) is 10.2 Å². The van der Waals surface area contributed by atoms with Crippen molar-refractivity contribution < 1.29 is 14.3 Å². The summed E-state index contributed by atoms with van der Waals surface area (Å²) in [5.74, 6) is -1.06. The lowest BCUT2D eigenvalue weighted by Crippen LogP contribution is -2.23. The summed E-state index contributed by atoms with van der Waals surface area (Å²) in [7, 11) is 1.45. The third kappa shape index (κ3) is 2.05. The molecule has 0 spiro atoms. The number of carbonyl (C=O) groups is 2. The lowest BCUT2D eigenvalue weighted by molar-refractivity contribution is 0.0528. The molecule has 2 aromatic rings. The second-order valence-corrected chi connectivity index (χ2v) is 3.53. The fraction of sp³-hybridized carbons (Fsp3) is 0.300. The molecule has 100 valence electrons. The van der Waals surface area contributed by atoms with Gasteiger partial charge in [-0.2, -0.15) is 9.61 Å². The van der Waals surface area contributed by atoms with Crippen molar-refractivity contribution in [2.75, 3.05) is 19.4 Å². The Morgan fingerprint density at radius 1 is 1.47 bits per heavy atom. The number of nitrogens with zero attached hydrogens (tertiary/aromatic N) is 4. The van der Waals surface area contributed by atoms with Crippen LogP contribution in [-0.2, 0) is 4.74 Å². The molecule has 0 unspecified atom stereocenters. The molecule has 3 N–H and O–H groups in total. The van der Waals surface area contributed by atoms with E-state index in [1.807, 2.05) is 0 Å². The lowest BCUT2D eigenvalue weighted by atomic mass is 10.3. The molecule has 0 atom stereocenters. The highest BCUT2D eigenvalue weighted by Crippen LogP contribution is 2.14. The fourth-order valence-corrected chi connectivity index (χ4v) is 1.50.